The van der Waals surface area contributed by atoms with E-state index in [4.69, 9.17) is 9.73 Å². The third-order valence-electron chi connectivity index (χ3n) is 9.92. The zero-order chi connectivity index (χ0) is 32.5. The van der Waals surface area contributed by atoms with Crippen molar-refractivity contribution >= 4 is 33.6 Å². The highest BCUT2D eigenvalue weighted by Crippen LogP contribution is 2.62. The SMILES string of the molecule is CCCCSC(=Nc1cccnc1)SCc1ccc(C(C)(C)C)cc1.CN1CC[C@]23c4c5ccc(O)c4O[C@H]2[C@@H](O)C=C[C@H]3[C@H]1C5. The molecule has 46 heavy (non-hydrogen) atoms. The number of thioether (sulfide) groups is 2. The smallest absolute Gasteiger partial charge is 0.165 e. The van der Waals surface area contributed by atoms with Gasteiger partial charge in [0.05, 0.1) is 11.9 Å². The summed E-state index contributed by atoms with van der Waals surface area (Å²) in [6, 6.07) is 17.1. The van der Waals surface area contributed by atoms with Crippen LogP contribution >= 0.6 is 23.5 Å². The Morgan fingerprint density at radius 1 is 1.11 bits per heavy atom. The fourth-order valence-corrected chi connectivity index (χ4v) is 9.61. The van der Waals surface area contributed by atoms with E-state index in [1.807, 2.05) is 54.0 Å². The van der Waals surface area contributed by atoms with Crippen LogP contribution in [0.25, 0.3) is 0 Å². The Hall–Kier alpha value is -2.78. The number of unbranched alkanes of at least 4 members (excludes halogenated alkanes) is 1. The number of ether oxygens (including phenoxy) is 1. The van der Waals surface area contributed by atoms with Crippen molar-refractivity contribution in [3.8, 4) is 11.5 Å². The molecule has 2 aliphatic carbocycles. The van der Waals surface area contributed by atoms with Crippen LogP contribution in [0.4, 0.5) is 5.69 Å². The predicted octanol–water partition coefficient (Wildman–Crippen LogP) is 8.03. The third-order valence-corrected chi connectivity index (χ3v) is 12.3. The van der Waals surface area contributed by atoms with Gasteiger partial charge in [0.25, 0.3) is 0 Å². The number of likely N-dealkylation sites (N-methyl/N-ethyl adjacent to an activating group) is 1. The highest BCUT2D eigenvalue weighted by molar-refractivity contribution is 8.38. The zero-order valence-corrected chi connectivity index (χ0v) is 29.3. The molecule has 4 aliphatic rings. The van der Waals surface area contributed by atoms with E-state index in [1.54, 1.807) is 12.3 Å². The number of aliphatic hydroxyl groups is 1. The molecule has 7 rings (SSSR count). The maximum atomic E-state index is 10.4. The lowest BCUT2D eigenvalue weighted by atomic mass is 9.53. The van der Waals surface area contributed by atoms with Gasteiger partial charge in [-0.2, -0.15) is 0 Å². The molecule has 1 saturated heterocycles. The first-order chi connectivity index (χ1) is 22.1. The fourth-order valence-electron chi connectivity index (χ4n) is 7.42. The molecule has 0 radical (unpaired) electrons. The average Bonchev–Trinajstić information content (AvgIpc) is 3.41. The van der Waals surface area contributed by atoms with Crippen molar-refractivity contribution in [1.82, 2.24) is 9.88 Å². The van der Waals surface area contributed by atoms with Crippen molar-refractivity contribution in [3.63, 3.8) is 0 Å². The summed E-state index contributed by atoms with van der Waals surface area (Å²) in [6.07, 6.45) is 11.2. The van der Waals surface area contributed by atoms with Gasteiger partial charge in [0.1, 0.15) is 16.6 Å². The number of aliphatic imine (C=N–C) groups is 1. The topological polar surface area (TPSA) is 78.2 Å². The van der Waals surface area contributed by atoms with Gasteiger partial charge in [-0.1, -0.05) is 100 Å². The van der Waals surface area contributed by atoms with Crippen molar-refractivity contribution in [2.45, 2.75) is 88.2 Å². The van der Waals surface area contributed by atoms with Crippen LogP contribution in [0.3, 0.4) is 0 Å². The Kier molecular flexibility index (Phi) is 9.91. The Labute approximate surface area is 282 Å². The molecule has 2 aromatic carbocycles. The van der Waals surface area contributed by atoms with E-state index in [-0.39, 0.29) is 22.7 Å². The first-order valence-electron chi connectivity index (χ1n) is 16.5. The van der Waals surface area contributed by atoms with E-state index < -0.39 is 6.10 Å². The number of pyridine rings is 1. The Morgan fingerprint density at radius 3 is 2.63 bits per heavy atom. The van der Waals surface area contributed by atoms with E-state index in [1.165, 1.54) is 35.1 Å². The lowest BCUT2D eigenvalue weighted by Crippen LogP contribution is -2.64. The van der Waals surface area contributed by atoms with Gasteiger partial charge in [0.2, 0.25) is 0 Å². The monoisotopic (exact) mass is 657 g/mol. The van der Waals surface area contributed by atoms with Crippen LogP contribution in [0.2, 0.25) is 0 Å². The third kappa shape index (κ3) is 6.51. The molecule has 3 aromatic rings. The maximum Gasteiger partial charge on any atom is 0.165 e. The Morgan fingerprint density at radius 2 is 1.91 bits per heavy atom. The first kappa shape index (κ1) is 33.1. The van der Waals surface area contributed by atoms with Crippen LogP contribution in [-0.2, 0) is 23.0 Å². The lowest BCUT2D eigenvalue weighted by molar-refractivity contribution is -0.0453. The lowest BCUT2D eigenvalue weighted by Gasteiger charge is -2.56. The van der Waals surface area contributed by atoms with E-state index in [0.717, 1.165) is 41.0 Å². The second-order valence-electron chi connectivity index (χ2n) is 14.0. The van der Waals surface area contributed by atoms with Crippen LogP contribution in [0.5, 0.6) is 11.5 Å². The number of aromatic hydroxyl groups is 1. The molecule has 5 atom stereocenters. The number of hydrogen-bond donors (Lipinski definition) is 2. The van der Waals surface area contributed by atoms with Crippen molar-refractivity contribution in [2.75, 3.05) is 19.3 Å². The van der Waals surface area contributed by atoms with Gasteiger partial charge in [-0.05, 0) is 78.9 Å². The summed E-state index contributed by atoms with van der Waals surface area (Å²) in [5.41, 5.74) is 6.14. The molecule has 2 aliphatic heterocycles. The second-order valence-corrected chi connectivity index (χ2v) is 16.3. The fraction of sp³-hybridized carbons (Fsp3) is 0.474. The van der Waals surface area contributed by atoms with E-state index in [9.17, 15) is 10.2 Å². The molecule has 2 bridgehead atoms. The van der Waals surface area contributed by atoms with Crippen LogP contribution in [0.1, 0.15) is 69.2 Å². The molecule has 8 heteroatoms. The number of piperidine rings is 1. The van der Waals surface area contributed by atoms with Gasteiger partial charge < -0.3 is 19.8 Å². The number of likely N-dealkylation sites (tertiary alicyclic amines) is 1. The quantitative estimate of drug-likeness (QED) is 0.120. The van der Waals surface area contributed by atoms with Gasteiger partial charge in [-0.15, -0.1) is 0 Å². The molecule has 244 valence electrons. The number of nitrogens with zero attached hydrogens (tertiary/aromatic N) is 3. The molecular weight excluding hydrogens is 611 g/mol. The summed E-state index contributed by atoms with van der Waals surface area (Å²) in [5.74, 6) is 3.25. The minimum atomic E-state index is -0.594. The molecule has 3 heterocycles. The summed E-state index contributed by atoms with van der Waals surface area (Å²) >= 11 is 3.67. The van der Waals surface area contributed by atoms with Crippen LogP contribution in [0.15, 0.2) is 78.1 Å². The Balaban J connectivity index is 0.000000163. The molecule has 1 fully saturated rings. The van der Waals surface area contributed by atoms with Crippen molar-refractivity contribution in [1.29, 1.82) is 0 Å². The molecule has 0 amide bonds. The van der Waals surface area contributed by atoms with Crippen LogP contribution in [-0.4, -0.2) is 62.1 Å². The highest BCUT2D eigenvalue weighted by atomic mass is 32.2. The summed E-state index contributed by atoms with van der Waals surface area (Å²) in [6.45, 7) is 9.98. The molecule has 1 aromatic heterocycles. The zero-order valence-electron chi connectivity index (χ0n) is 27.6. The van der Waals surface area contributed by atoms with Crippen LogP contribution < -0.4 is 4.74 Å². The van der Waals surface area contributed by atoms with E-state index >= 15 is 0 Å². The standard InChI is InChI=1S/C21H28N2S2.C17H19NO3/c1-5-6-14-24-20(23-19-8-7-13-22-15-19)25-16-17-9-11-18(12-10-17)21(2,3)4;1-18-7-6-17-10-3-5-13(20)16(17)21-15-12(19)4-2-9(14(15)17)8-11(10)18/h7-13,15H,5-6,14,16H2,1-4H3;2-5,10-11,13,16,19-20H,6-8H2,1H3/t;10-,11+,13-,16-,17-/m.0/s1. The minimum absolute atomic E-state index is 0.160. The minimum Gasteiger partial charge on any atom is -0.504 e. The van der Waals surface area contributed by atoms with Gasteiger partial charge in [0.15, 0.2) is 11.5 Å². The first-order valence-corrected chi connectivity index (χ1v) is 18.5. The number of hydrogen-bond acceptors (Lipinski definition) is 8. The van der Waals surface area contributed by atoms with Gasteiger partial charge in [-0.3, -0.25) is 4.98 Å². The average molecular weight is 658 g/mol. The second kappa shape index (κ2) is 13.8. The summed E-state index contributed by atoms with van der Waals surface area (Å²) < 4.78 is 7.21. The number of phenolic OH excluding ortho intramolecular Hbond substituents is 1. The normalized spacial score (nSPS) is 26.2. The highest BCUT2D eigenvalue weighted by Gasteiger charge is 2.64. The Bertz CT molecular complexity index is 1570. The summed E-state index contributed by atoms with van der Waals surface area (Å²) in [7, 11) is 2.19. The summed E-state index contributed by atoms with van der Waals surface area (Å²) in [4.78, 5) is 11.4. The molecule has 0 unspecified atom stereocenters. The number of benzene rings is 2. The summed E-state index contributed by atoms with van der Waals surface area (Å²) in [5, 5.41) is 20.6. The van der Waals surface area contributed by atoms with E-state index in [2.05, 4.69) is 75.0 Å². The molecule has 6 nitrogen and oxygen atoms in total. The van der Waals surface area contributed by atoms with Gasteiger partial charge in [0, 0.05) is 34.9 Å². The number of aliphatic hydroxyl groups excluding tert-OH is 1. The van der Waals surface area contributed by atoms with Crippen molar-refractivity contribution in [3.05, 3.63) is 95.3 Å². The molecule has 2 N–H and O–H groups in total. The van der Waals surface area contributed by atoms with Gasteiger partial charge >= 0.3 is 0 Å². The number of rotatable bonds is 6. The molecule has 1 spiro atoms. The van der Waals surface area contributed by atoms with Gasteiger partial charge in [-0.25, -0.2) is 4.99 Å². The predicted molar refractivity (Wildman–Crippen MR) is 193 cm³/mol. The number of phenols is 1. The van der Waals surface area contributed by atoms with Crippen LogP contribution in [0, 0.1) is 5.92 Å². The van der Waals surface area contributed by atoms with Crippen molar-refractivity contribution < 1.29 is 14.9 Å². The number of aromatic nitrogens is 1. The largest absolute Gasteiger partial charge is 0.504 e. The van der Waals surface area contributed by atoms with Crippen molar-refractivity contribution in [2.24, 2.45) is 10.9 Å². The van der Waals surface area contributed by atoms with E-state index in [0.29, 0.717) is 17.7 Å². The maximum absolute atomic E-state index is 10.4. The molecule has 0 saturated carbocycles. The molecular formula is C38H47N3O3S2.